The molecule has 0 fully saturated rings. The predicted octanol–water partition coefficient (Wildman–Crippen LogP) is 5.07. The second-order valence-corrected chi connectivity index (χ2v) is 6.41. The molecule has 0 saturated carbocycles. The third-order valence-electron chi connectivity index (χ3n) is 3.45. The molecule has 3 heteroatoms. The lowest BCUT2D eigenvalue weighted by Crippen LogP contribution is -2.10. The molecule has 0 aliphatic heterocycles. The molecule has 1 rings (SSSR count). The molecule has 1 aromatic carbocycles. The van der Waals surface area contributed by atoms with Crippen LogP contribution in [-0.2, 0) is 0 Å². The number of rotatable bonds is 10. The highest BCUT2D eigenvalue weighted by molar-refractivity contribution is 5.72. The van der Waals surface area contributed by atoms with Crippen LogP contribution in [0.15, 0.2) is 18.2 Å². The smallest absolute Gasteiger partial charge is 0.144 e. The van der Waals surface area contributed by atoms with Gasteiger partial charge in [-0.3, -0.25) is 0 Å². The van der Waals surface area contributed by atoms with Crippen molar-refractivity contribution >= 4 is 11.4 Å². The van der Waals surface area contributed by atoms with E-state index in [1.807, 2.05) is 32.0 Å². The molecule has 0 atom stereocenters. The zero-order valence-electron chi connectivity index (χ0n) is 14.1. The number of para-hydroxylation sites is 1. The Hall–Kier alpha value is -1.38. The standard InChI is InChI=1S/C18H32N2O/c1-14(2)10-7-5-6-8-13-20-16-11-9-12-17(18(16)19)21-15(3)4/h9,11-12,14-15,20H,5-8,10,13,19H2,1-4H3. The Morgan fingerprint density at radius 3 is 2.43 bits per heavy atom. The van der Waals surface area contributed by atoms with Crippen LogP contribution in [0.5, 0.6) is 5.75 Å². The Kier molecular flexibility index (Phi) is 8.03. The van der Waals surface area contributed by atoms with Crippen molar-refractivity contribution in [1.82, 2.24) is 0 Å². The fourth-order valence-corrected chi connectivity index (χ4v) is 2.31. The van der Waals surface area contributed by atoms with Gasteiger partial charge in [0.05, 0.1) is 17.5 Å². The molecule has 0 aliphatic rings. The van der Waals surface area contributed by atoms with E-state index in [1.165, 1.54) is 32.1 Å². The van der Waals surface area contributed by atoms with Crippen LogP contribution in [-0.4, -0.2) is 12.6 Å². The Bertz CT molecular complexity index is 402. The van der Waals surface area contributed by atoms with Crippen LogP contribution in [0.25, 0.3) is 0 Å². The van der Waals surface area contributed by atoms with E-state index in [4.69, 9.17) is 10.5 Å². The lowest BCUT2D eigenvalue weighted by atomic mass is 10.0. The van der Waals surface area contributed by atoms with Gasteiger partial charge in [-0.05, 0) is 38.3 Å². The van der Waals surface area contributed by atoms with Gasteiger partial charge in [0.1, 0.15) is 5.75 Å². The fourth-order valence-electron chi connectivity index (χ4n) is 2.31. The van der Waals surface area contributed by atoms with Crippen molar-refractivity contribution in [3.63, 3.8) is 0 Å². The van der Waals surface area contributed by atoms with E-state index in [0.29, 0.717) is 5.69 Å². The zero-order chi connectivity index (χ0) is 15.7. The number of hydrogen-bond acceptors (Lipinski definition) is 3. The van der Waals surface area contributed by atoms with Crippen molar-refractivity contribution in [2.45, 2.75) is 65.9 Å². The molecule has 0 bridgehead atoms. The van der Waals surface area contributed by atoms with Crippen LogP contribution >= 0.6 is 0 Å². The Morgan fingerprint density at radius 1 is 1.05 bits per heavy atom. The number of ether oxygens (including phenoxy) is 1. The summed E-state index contributed by atoms with van der Waals surface area (Å²) in [6, 6.07) is 5.92. The number of anilines is 2. The highest BCUT2D eigenvalue weighted by Gasteiger charge is 2.06. The molecule has 0 unspecified atom stereocenters. The van der Waals surface area contributed by atoms with Gasteiger partial charge in [0.2, 0.25) is 0 Å². The third-order valence-corrected chi connectivity index (χ3v) is 3.45. The zero-order valence-corrected chi connectivity index (χ0v) is 14.1. The monoisotopic (exact) mass is 292 g/mol. The average molecular weight is 292 g/mol. The second kappa shape index (κ2) is 9.54. The van der Waals surface area contributed by atoms with E-state index in [1.54, 1.807) is 0 Å². The maximum Gasteiger partial charge on any atom is 0.144 e. The van der Waals surface area contributed by atoms with Crippen molar-refractivity contribution in [1.29, 1.82) is 0 Å². The maximum absolute atomic E-state index is 6.14. The van der Waals surface area contributed by atoms with Gasteiger partial charge < -0.3 is 15.8 Å². The van der Waals surface area contributed by atoms with Crippen molar-refractivity contribution in [2.24, 2.45) is 5.92 Å². The van der Waals surface area contributed by atoms with Gasteiger partial charge in [-0.15, -0.1) is 0 Å². The molecule has 3 N–H and O–H groups in total. The molecule has 0 radical (unpaired) electrons. The Labute approximate surface area is 130 Å². The molecule has 21 heavy (non-hydrogen) atoms. The lowest BCUT2D eigenvalue weighted by molar-refractivity contribution is 0.244. The quantitative estimate of drug-likeness (QED) is 0.467. The first-order chi connectivity index (χ1) is 10.0. The Balaban J connectivity index is 2.29. The molecule has 0 spiro atoms. The first-order valence-electron chi connectivity index (χ1n) is 8.29. The van der Waals surface area contributed by atoms with Crippen LogP contribution in [0.1, 0.15) is 59.8 Å². The molecule has 0 amide bonds. The number of unbranched alkanes of at least 4 members (excludes halogenated alkanes) is 3. The van der Waals surface area contributed by atoms with Gasteiger partial charge in [0, 0.05) is 6.54 Å². The summed E-state index contributed by atoms with van der Waals surface area (Å²) in [6.07, 6.45) is 6.62. The third kappa shape index (κ3) is 7.26. The number of nitrogens with two attached hydrogens (primary N) is 1. The highest BCUT2D eigenvalue weighted by atomic mass is 16.5. The topological polar surface area (TPSA) is 47.3 Å². The maximum atomic E-state index is 6.14. The highest BCUT2D eigenvalue weighted by Crippen LogP contribution is 2.30. The Morgan fingerprint density at radius 2 is 1.76 bits per heavy atom. The predicted molar refractivity (Wildman–Crippen MR) is 93.0 cm³/mol. The molecule has 0 heterocycles. The van der Waals surface area contributed by atoms with Crippen LogP contribution in [0.4, 0.5) is 11.4 Å². The van der Waals surface area contributed by atoms with Crippen LogP contribution in [0.2, 0.25) is 0 Å². The van der Waals surface area contributed by atoms with Gasteiger partial charge in [0.15, 0.2) is 0 Å². The minimum absolute atomic E-state index is 0.142. The van der Waals surface area contributed by atoms with Gasteiger partial charge in [-0.1, -0.05) is 45.6 Å². The summed E-state index contributed by atoms with van der Waals surface area (Å²) < 4.78 is 5.70. The summed E-state index contributed by atoms with van der Waals surface area (Å²) in [6.45, 7) is 9.57. The van der Waals surface area contributed by atoms with Gasteiger partial charge in [-0.25, -0.2) is 0 Å². The number of nitrogen functional groups attached to an aromatic ring is 1. The first-order valence-corrected chi connectivity index (χ1v) is 8.29. The van der Waals surface area contributed by atoms with Crippen molar-refractivity contribution in [3.05, 3.63) is 18.2 Å². The summed E-state index contributed by atoms with van der Waals surface area (Å²) in [5, 5.41) is 3.42. The van der Waals surface area contributed by atoms with Crippen molar-refractivity contribution in [3.8, 4) is 5.75 Å². The number of nitrogens with one attached hydrogen (secondary N) is 1. The normalized spacial score (nSPS) is 11.1. The van der Waals surface area contributed by atoms with Crippen LogP contribution < -0.4 is 15.8 Å². The molecular weight excluding hydrogens is 260 g/mol. The molecule has 0 aliphatic carbocycles. The van der Waals surface area contributed by atoms with E-state index < -0.39 is 0 Å². The number of benzene rings is 1. The lowest BCUT2D eigenvalue weighted by Gasteiger charge is -2.15. The largest absolute Gasteiger partial charge is 0.489 e. The molecule has 0 aromatic heterocycles. The summed E-state index contributed by atoms with van der Waals surface area (Å²) in [7, 11) is 0. The molecule has 3 nitrogen and oxygen atoms in total. The summed E-state index contributed by atoms with van der Waals surface area (Å²) >= 11 is 0. The SMILES string of the molecule is CC(C)CCCCCCNc1cccc(OC(C)C)c1N. The second-order valence-electron chi connectivity index (χ2n) is 6.41. The molecular formula is C18H32N2O. The van der Waals surface area contributed by atoms with Gasteiger partial charge in [-0.2, -0.15) is 0 Å². The average Bonchev–Trinajstić information content (AvgIpc) is 2.40. The van der Waals surface area contributed by atoms with Crippen molar-refractivity contribution in [2.75, 3.05) is 17.6 Å². The fraction of sp³-hybridized carbons (Fsp3) is 0.667. The molecule has 0 saturated heterocycles. The molecule has 120 valence electrons. The summed E-state index contributed by atoms with van der Waals surface area (Å²) in [5.74, 6) is 1.60. The van der Waals surface area contributed by atoms with Crippen molar-refractivity contribution < 1.29 is 4.74 Å². The first kappa shape index (κ1) is 17.7. The minimum atomic E-state index is 0.142. The van der Waals surface area contributed by atoms with Gasteiger partial charge in [0.25, 0.3) is 0 Å². The number of hydrogen-bond donors (Lipinski definition) is 2. The minimum Gasteiger partial charge on any atom is -0.489 e. The van der Waals surface area contributed by atoms with E-state index >= 15 is 0 Å². The van der Waals surface area contributed by atoms with E-state index in [-0.39, 0.29) is 6.10 Å². The summed E-state index contributed by atoms with van der Waals surface area (Å²) in [4.78, 5) is 0. The van der Waals surface area contributed by atoms with Gasteiger partial charge >= 0.3 is 0 Å². The van der Waals surface area contributed by atoms with E-state index in [2.05, 4.69) is 19.2 Å². The molecule has 1 aromatic rings. The van der Waals surface area contributed by atoms with Crippen LogP contribution in [0, 0.1) is 5.92 Å². The van der Waals surface area contributed by atoms with E-state index in [9.17, 15) is 0 Å². The van der Waals surface area contributed by atoms with Crippen LogP contribution in [0.3, 0.4) is 0 Å². The van der Waals surface area contributed by atoms with E-state index in [0.717, 1.165) is 23.9 Å². The summed E-state index contributed by atoms with van der Waals surface area (Å²) in [5.41, 5.74) is 7.84.